The Kier molecular flexibility index (Phi) is 8.33. The minimum atomic E-state index is -0.303. The van der Waals surface area contributed by atoms with E-state index in [2.05, 4.69) is 10.3 Å². The number of carbonyl (C=O) groups excluding carboxylic acids is 2. The van der Waals surface area contributed by atoms with Gasteiger partial charge in [0.2, 0.25) is 0 Å². The highest BCUT2D eigenvalue weighted by Crippen LogP contribution is 2.24. The van der Waals surface area contributed by atoms with Gasteiger partial charge in [-0.25, -0.2) is 9.78 Å². The van der Waals surface area contributed by atoms with Crippen LogP contribution < -0.4 is 5.32 Å². The number of piperazine rings is 1. The second kappa shape index (κ2) is 11.2. The van der Waals surface area contributed by atoms with E-state index >= 15 is 0 Å². The van der Waals surface area contributed by atoms with Gasteiger partial charge in [0.15, 0.2) is 0 Å². The number of ether oxygens (including phenoxy) is 2. The van der Waals surface area contributed by atoms with Crippen molar-refractivity contribution in [3.63, 3.8) is 0 Å². The first-order valence-corrected chi connectivity index (χ1v) is 11.4. The number of hydrogen-bond donors (Lipinski definition) is 1. The number of nitrogens with zero attached hydrogens (tertiary/aromatic N) is 2. The van der Waals surface area contributed by atoms with Crippen LogP contribution in [0.5, 0.6) is 0 Å². The molecule has 1 fully saturated rings. The molecule has 9 heteroatoms. The van der Waals surface area contributed by atoms with Gasteiger partial charge in [-0.1, -0.05) is 42.1 Å². The summed E-state index contributed by atoms with van der Waals surface area (Å²) in [7, 11) is 0. The number of rotatable bonds is 8. The number of hydrogen-bond acceptors (Lipinski definition) is 8. The Hall–Kier alpha value is -2.10. The van der Waals surface area contributed by atoms with Crippen molar-refractivity contribution in [3.05, 3.63) is 47.0 Å². The van der Waals surface area contributed by atoms with E-state index in [-0.39, 0.29) is 24.7 Å². The summed E-state index contributed by atoms with van der Waals surface area (Å²) in [5.41, 5.74) is 1.76. The third-order valence-corrected chi connectivity index (χ3v) is 6.47. The number of esters is 1. The molecule has 1 amide bonds. The van der Waals surface area contributed by atoms with Crippen LogP contribution in [0.15, 0.2) is 40.1 Å². The molecule has 7 nitrogen and oxygen atoms in total. The minimum Gasteiger partial charge on any atom is -0.459 e. The summed E-state index contributed by atoms with van der Waals surface area (Å²) < 4.78 is 11.4. The molecule has 0 aliphatic carbocycles. The number of benzene rings is 1. The van der Waals surface area contributed by atoms with Crippen molar-refractivity contribution in [1.82, 2.24) is 15.2 Å². The maximum Gasteiger partial charge on any atom is 0.410 e. The lowest BCUT2D eigenvalue weighted by molar-refractivity contribution is -0.142. The molecule has 0 saturated carbocycles. The molecule has 0 spiro atoms. The van der Waals surface area contributed by atoms with Gasteiger partial charge in [-0.05, 0) is 12.0 Å². The Morgan fingerprint density at radius 2 is 2.10 bits per heavy atom. The lowest BCUT2D eigenvalue weighted by atomic mass is 10.2. The molecule has 29 heavy (non-hydrogen) atoms. The first kappa shape index (κ1) is 21.6. The second-order valence-corrected chi connectivity index (χ2v) is 8.86. The van der Waals surface area contributed by atoms with Crippen molar-refractivity contribution in [3.8, 4) is 0 Å². The van der Waals surface area contributed by atoms with Crippen LogP contribution in [0, 0.1) is 0 Å². The maximum absolute atomic E-state index is 12.4. The zero-order chi connectivity index (χ0) is 20.5. The Bertz CT molecular complexity index is 800. The van der Waals surface area contributed by atoms with Crippen molar-refractivity contribution in [2.24, 2.45) is 0 Å². The van der Waals surface area contributed by atoms with E-state index in [1.807, 2.05) is 35.7 Å². The quantitative estimate of drug-likeness (QED) is 0.503. The van der Waals surface area contributed by atoms with Crippen LogP contribution in [0.25, 0.3) is 0 Å². The summed E-state index contributed by atoms with van der Waals surface area (Å²) in [4.78, 5) is 29.4. The van der Waals surface area contributed by atoms with E-state index in [0.29, 0.717) is 19.7 Å². The van der Waals surface area contributed by atoms with Crippen LogP contribution in [0.1, 0.15) is 24.6 Å². The van der Waals surface area contributed by atoms with Gasteiger partial charge >= 0.3 is 12.1 Å². The molecule has 0 unspecified atom stereocenters. The fourth-order valence-corrected chi connectivity index (χ4v) is 4.83. The van der Waals surface area contributed by atoms with Crippen LogP contribution in [0.4, 0.5) is 4.79 Å². The Labute approximate surface area is 178 Å². The SMILES string of the molecule is CC(=O)OCc1csc(SCC[C@@H]2CN(C(=O)OCc3ccccc3)CCN2)n1. The number of amides is 1. The first-order valence-electron chi connectivity index (χ1n) is 9.49. The van der Waals surface area contributed by atoms with Gasteiger partial charge in [-0.15, -0.1) is 11.3 Å². The van der Waals surface area contributed by atoms with E-state index in [9.17, 15) is 9.59 Å². The van der Waals surface area contributed by atoms with E-state index in [0.717, 1.165) is 34.3 Å². The molecule has 1 saturated heterocycles. The smallest absolute Gasteiger partial charge is 0.410 e. The van der Waals surface area contributed by atoms with Crippen LogP contribution in [0.3, 0.4) is 0 Å². The molecular formula is C20H25N3O4S2. The van der Waals surface area contributed by atoms with Crippen LogP contribution in [-0.2, 0) is 27.5 Å². The minimum absolute atomic E-state index is 0.219. The van der Waals surface area contributed by atoms with E-state index in [1.165, 1.54) is 6.92 Å². The molecule has 2 aromatic rings. The second-order valence-electron chi connectivity index (χ2n) is 6.66. The molecule has 0 radical (unpaired) electrons. The summed E-state index contributed by atoms with van der Waals surface area (Å²) in [6.07, 6.45) is 0.662. The predicted octanol–water partition coefficient (Wildman–Crippen LogP) is 3.30. The number of aromatic nitrogens is 1. The van der Waals surface area contributed by atoms with Gasteiger partial charge in [0.05, 0.1) is 5.69 Å². The summed E-state index contributed by atoms with van der Waals surface area (Å²) in [5.74, 6) is 0.591. The summed E-state index contributed by atoms with van der Waals surface area (Å²) in [6, 6.07) is 9.94. The molecule has 1 aliphatic rings. The summed E-state index contributed by atoms with van der Waals surface area (Å²) in [5, 5.41) is 5.38. The summed E-state index contributed by atoms with van der Waals surface area (Å²) in [6.45, 7) is 3.97. The topological polar surface area (TPSA) is 80.8 Å². The number of thiazole rings is 1. The van der Waals surface area contributed by atoms with Crippen molar-refractivity contribution >= 4 is 35.2 Å². The van der Waals surface area contributed by atoms with Crippen LogP contribution >= 0.6 is 23.1 Å². The van der Waals surface area contributed by atoms with E-state index < -0.39 is 0 Å². The van der Waals surface area contributed by atoms with E-state index in [4.69, 9.17) is 9.47 Å². The predicted molar refractivity (Wildman–Crippen MR) is 113 cm³/mol. The van der Waals surface area contributed by atoms with Crippen LogP contribution in [0.2, 0.25) is 0 Å². The third kappa shape index (κ3) is 7.34. The Balaban J connectivity index is 1.37. The van der Waals surface area contributed by atoms with Gasteiger partial charge in [-0.3, -0.25) is 4.79 Å². The lowest BCUT2D eigenvalue weighted by Crippen LogP contribution is -2.52. The molecule has 2 heterocycles. The zero-order valence-corrected chi connectivity index (χ0v) is 18.0. The standard InChI is InChI=1S/C20H25N3O4S2/c1-15(24)26-13-18-14-29-19(22-18)28-10-7-17-11-23(9-8-21-17)20(25)27-12-16-5-3-2-4-6-16/h2-6,14,17,21H,7-13H2,1H3/t17-/m1/s1. The van der Waals surface area contributed by atoms with Crippen molar-refractivity contribution in [2.75, 3.05) is 25.4 Å². The third-order valence-electron chi connectivity index (χ3n) is 4.36. The average Bonchev–Trinajstić information content (AvgIpc) is 3.19. The molecule has 1 aromatic heterocycles. The Morgan fingerprint density at radius 3 is 2.90 bits per heavy atom. The largest absolute Gasteiger partial charge is 0.459 e. The molecule has 1 aromatic carbocycles. The normalized spacial score (nSPS) is 16.4. The average molecular weight is 436 g/mol. The van der Waals surface area contributed by atoms with E-state index in [1.54, 1.807) is 28.0 Å². The number of carbonyl (C=O) groups is 2. The van der Waals surface area contributed by atoms with Gasteiger partial charge in [-0.2, -0.15) is 0 Å². The van der Waals surface area contributed by atoms with Crippen molar-refractivity contribution in [2.45, 2.75) is 36.9 Å². The molecular weight excluding hydrogens is 410 g/mol. The van der Waals surface area contributed by atoms with Crippen molar-refractivity contribution < 1.29 is 19.1 Å². The van der Waals surface area contributed by atoms with Gasteiger partial charge < -0.3 is 19.7 Å². The number of thioether (sulfide) groups is 1. The zero-order valence-electron chi connectivity index (χ0n) is 16.3. The molecule has 1 N–H and O–H groups in total. The first-order chi connectivity index (χ1) is 14.1. The highest BCUT2D eigenvalue weighted by atomic mass is 32.2. The molecule has 3 rings (SSSR count). The van der Waals surface area contributed by atoms with Crippen LogP contribution in [-0.4, -0.2) is 53.4 Å². The Morgan fingerprint density at radius 1 is 1.28 bits per heavy atom. The van der Waals surface area contributed by atoms with Crippen molar-refractivity contribution in [1.29, 1.82) is 0 Å². The monoisotopic (exact) mass is 435 g/mol. The highest BCUT2D eigenvalue weighted by Gasteiger charge is 2.24. The summed E-state index contributed by atoms with van der Waals surface area (Å²) >= 11 is 3.23. The van der Waals surface area contributed by atoms with Gasteiger partial charge in [0.25, 0.3) is 0 Å². The van der Waals surface area contributed by atoms with Gasteiger partial charge in [0.1, 0.15) is 17.6 Å². The maximum atomic E-state index is 12.4. The molecule has 1 atom stereocenters. The molecule has 0 bridgehead atoms. The number of nitrogens with one attached hydrogen (secondary N) is 1. The molecule has 156 valence electrons. The lowest BCUT2D eigenvalue weighted by Gasteiger charge is -2.33. The van der Waals surface area contributed by atoms with Gasteiger partial charge in [0, 0.05) is 43.7 Å². The fourth-order valence-electron chi connectivity index (χ4n) is 2.88. The molecule has 1 aliphatic heterocycles. The fraction of sp³-hybridized carbons (Fsp3) is 0.450. The highest BCUT2D eigenvalue weighted by molar-refractivity contribution is 8.01.